The van der Waals surface area contributed by atoms with Crippen molar-refractivity contribution in [2.24, 2.45) is 0 Å². The van der Waals surface area contributed by atoms with E-state index in [1.54, 1.807) is 20.1 Å². The van der Waals surface area contributed by atoms with Crippen LogP contribution in [-0.2, 0) is 6.42 Å². The van der Waals surface area contributed by atoms with Crippen molar-refractivity contribution < 1.29 is 14.6 Å². The Morgan fingerprint density at radius 3 is 2.68 bits per heavy atom. The van der Waals surface area contributed by atoms with E-state index in [9.17, 15) is 5.11 Å². The molecule has 1 N–H and O–H groups in total. The Kier molecular flexibility index (Phi) is 4.55. The molecule has 1 heterocycles. The Hall–Kier alpha value is -0.970. The summed E-state index contributed by atoms with van der Waals surface area (Å²) >= 11 is 6.07. The van der Waals surface area contributed by atoms with Crippen LogP contribution in [0.3, 0.4) is 0 Å². The molecule has 1 aliphatic heterocycles. The number of likely N-dealkylation sites (tertiary alicyclic amines) is 1. The van der Waals surface area contributed by atoms with Crippen LogP contribution >= 0.6 is 11.6 Å². The average Bonchev–Trinajstić information content (AvgIpc) is 2.28. The van der Waals surface area contributed by atoms with Crippen molar-refractivity contribution in [2.45, 2.75) is 25.6 Å². The molecule has 1 saturated heterocycles. The highest BCUT2D eigenvalue weighted by molar-refractivity contribution is 6.30. The molecule has 106 valence electrons. The fraction of sp³-hybridized carbons (Fsp3) is 0.571. The third-order valence-electron chi connectivity index (χ3n) is 3.15. The minimum absolute atomic E-state index is 0.174. The van der Waals surface area contributed by atoms with E-state index in [1.807, 2.05) is 6.07 Å². The Bertz CT molecular complexity index is 445. The predicted molar refractivity (Wildman–Crippen MR) is 75.3 cm³/mol. The maximum absolute atomic E-state index is 9.58. The number of hydrogen-bond donors (Lipinski definition) is 1. The number of likely N-dealkylation sites (N-methyl/N-ethyl adjacent to an activating group) is 1. The van der Waals surface area contributed by atoms with Crippen molar-refractivity contribution in [3.05, 3.63) is 22.7 Å². The number of halogens is 1. The zero-order chi connectivity index (χ0) is 14.0. The van der Waals surface area contributed by atoms with E-state index in [0.29, 0.717) is 22.9 Å². The Morgan fingerprint density at radius 1 is 1.47 bits per heavy atom. The van der Waals surface area contributed by atoms with Gasteiger partial charge in [-0.1, -0.05) is 11.6 Å². The average molecular weight is 286 g/mol. The first-order valence-electron chi connectivity index (χ1n) is 6.39. The van der Waals surface area contributed by atoms with E-state index in [-0.39, 0.29) is 6.10 Å². The highest BCUT2D eigenvalue weighted by Crippen LogP contribution is 2.36. The van der Waals surface area contributed by atoms with Crippen LogP contribution in [0.25, 0.3) is 0 Å². The predicted octanol–water partition coefficient (Wildman–Crippen LogP) is 1.96. The van der Waals surface area contributed by atoms with E-state index in [4.69, 9.17) is 21.1 Å². The molecule has 1 aliphatic rings. The van der Waals surface area contributed by atoms with Crippen LogP contribution in [0.15, 0.2) is 12.1 Å². The topological polar surface area (TPSA) is 41.9 Å². The van der Waals surface area contributed by atoms with Gasteiger partial charge >= 0.3 is 0 Å². The molecule has 0 spiro atoms. The SMILES string of the molecule is COc1cc(Cl)cc(CC(C)O)c1OC1CN(C)C1. The highest BCUT2D eigenvalue weighted by atomic mass is 35.5. The first kappa shape index (κ1) is 14.4. The second-order valence-corrected chi connectivity index (χ2v) is 5.55. The van der Waals surface area contributed by atoms with Crippen LogP contribution in [0, 0.1) is 0 Å². The van der Waals surface area contributed by atoms with Crippen molar-refractivity contribution in [3.63, 3.8) is 0 Å². The van der Waals surface area contributed by atoms with E-state index in [1.165, 1.54) is 0 Å². The van der Waals surface area contributed by atoms with Crippen LogP contribution < -0.4 is 9.47 Å². The lowest BCUT2D eigenvalue weighted by atomic mass is 10.1. The van der Waals surface area contributed by atoms with Gasteiger partial charge in [0.1, 0.15) is 6.10 Å². The maximum Gasteiger partial charge on any atom is 0.165 e. The molecule has 0 saturated carbocycles. The van der Waals surface area contributed by atoms with Gasteiger partial charge in [-0.25, -0.2) is 0 Å². The fourth-order valence-corrected chi connectivity index (χ4v) is 2.49. The molecule has 1 atom stereocenters. The lowest BCUT2D eigenvalue weighted by Gasteiger charge is -2.36. The molecule has 0 radical (unpaired) electrons. The van der Waals surface area contributed by atoms with Crippen LogP contribution in [0.5, 0.6) is 11.5 Å². The molecule has 1 aromatic rings. The van der Waals surface area contributed by atoms with E-state index in [2.05, 4.69) is 11.9 Å². The molecule has 1 unspecified atom stereocenters. The third kappa shape index (κ3) is 3.53. The molecule has 0 aromatic heterocycles. The van der Waals surface area contributed by atoms with Gasteiger partial charge in [0, 0.05) is 36.2 Å². The monoisotopic (exact) mass is 285 g/mol. The minimum Gasteiger partial charge on any atom is -0.493 e. The van der Waals surface area contributed by atoms with E-state index < -0.39 is 6.10 Å². The van der Waals surface area contributed by atoms with Gasteiger partial charge in [-0.2, -0.15) is 0 Å². The number of hydrogen-bond acceptors (Lipinski definition) is 4. The maximum atomic E-state index is 9.58. The van der Waals surface area contributed by atoms with Gasteiger partial charge in [-0.15, -0.1) is 0 Å². The van der Waals surface area contributed by atoms with Crippen LogP contribution in [0.1, 0.15) is 12.5 Å². The van der Waals surface area contributed by atoms with Gasteiger partial charge in [-0.3, -0.25) is 4.90 Å². The van der Waals surface area contributed by atoms with Crippen LogP contribution in [-0.4, -0.2) is 49.5 Å². The largest absolute Gasteiger partial charge is 0.493 e. The summed E-state index contributed by atoms with van der Waals surface area (Å²) in [6.45, 7) is 3.55. The number of aliphatic hydroxyl groups is 1. The van der Waals surface area contributed by atoms with Crippen molar-refractivity contribution in [3.8, 4) is 11.5 Å². The molecule has 0 amide bonds. The fourth-order valence-electron chi connectivity index (χ4n) is 2.26. The zero-order valence-corrected chi connectivity index (χ0v) is 12.3. The molecular weight excluding hydrogens is 266 g/mol. The second kappa shape index (κ2) is 5.99. The van der Waals surface area contributed by atoms with Crippen molar-refractivity contribution in [2.75, 3.05) is 27.2 Å². The lowest BCUT2D eigenvalue weighted by molar-refractivity contribution is 0.0358. The normalized spacial score (nSPS) is 17.9. The molecule has 0 aliphatic carbocycles. The van der Waals surface area contributed by atoms with Crippen LogP contribution in [0.4, 0.5) is 0 Å². The molecule has 2 rings (SSSR count). The lowest BCUT2D eigenvalue weighted by Crippen LogP contribution is -2.51. The summed E-state index contributed by atoms with van der Waals surface area (Å²) < 4.78 is 11.3. The first-order chi connectivity index (χ1) is 8.99. The molecule has 4 nitrogen and oxygen atoms in total. The Labute approximate surface area is 118 Å². The summed E-state index contributed by atoms with van der Waals surface area (Å²) in [5.74, 6) is 1.32. The summed E-state index contributed by atoms with van der Waals surface area (Å²) in [5, 5.41) is 10.2. The quantitative estimate of drug-likeness (QED) is 0.898. The van der Waals surface area contributed by atoms with Gasteiger partial charge in [0.15, 0.2) is 11.5 Å². The molecule has 0 bridgehead atoms. The molecule has 5 heteroatoms. The summed E-state index contributed by atoms with van der Waals surface area (Å²) in [5.41, 5.74) is 0.883. The summed E-state index contributed by atoms with van der Waals surface area (Å²) in [6.07, 6.45) is 0.219. The van der Waals surface area contributed by atoms with Gasteiger partial charge < -0.3 is 14.6 Å². The van der Waals surface area contributed by atoms with Crippen molar-refractivity contribution >= 4 is 11.6 Å². The van der Waals surface area contributed by atoms with Crippen LogP contribution in [0.2, 0.25) is 5.02 Å². The first-order valence-corrected chi connectivity index (χ1v) is 6.77. The minimum atomic E-state index is -0.449. The second-order valence-electron chi connectivity index (χ2n) is 5.11. The summed E-state index contributed by atoms with van der Waals surface area (Å²) in [7, 11) is 3.65. The Balaban J connectivity index is 2.25. The van der Waals surface area contributed by atoms with Gasteiger partial charge in [0.2, 0.25) is 0 Å². The number of ether oxygens (including phenoxy) is 2. The molecule has 19 heavy (non-hydrogen) atoms. The number of methoxy groups -OCH3 is 1. The summed E-state index contributed by atoms with van der Waals surface area (Å²) in [4.78, 5) is 2.18. The molecule has 1 fully saturated rings. The molecular formula is C14H20ClNO3. The Morgan fingerprint density at radius 2 is 2.16 bits per heavy atom. The number of rotatable bonds is 5. The number of benzene rings is 1. The van der Waals surface area contributed by atoms with Gasteiger partial charge in [0.25, 0.3) is 0 Å². The summed E-state index contributed by atoms with van der Waals surface area (Å²) in [6, 6.07) is 3.57. The third-order valence-corrected chi connectivity index (χ3v) is 3.37. The molecule has 1 aromatic carbocycles. The van der Waals surface area contributed by atoms with Gasteiger partial charge in [0.05, 0.1) is 13.2 Å². The number of nitrogens with zero attached hydrogens (tertiary/aromatic N) is 1. The number of aliphatic hydroxyl groups excluding tert-OH is 1. The van der Waals surface area contributed by atoms with Crippen molar-refractivity contribution in [1.29, 1.82) is 0 Å². The smallest absolute Gasteiger partial charge is 0.165 e. The van der Waals surface area contributed by atoms with E-state index >= 15 is 0 Å². The van der Waals surface area contributed by atoms with E-state index in [0.717, 1.165) is 18.7 Å². The standard InChI is InChI=1S/C14H20ClNO3/c1-9(17)4-10-5-11(15)6-13(18-3)14(10)19-12-7-16(2)8-12/h5-6,9,12,17H,4,7-8H2,1-3H3. The zero-order valence-electron chi connectivity index (χ0n) is 11.5. The van der Waals surface area contributed by atoms with Gasteiger partial charge in [-0.05, 0) is 20.0 Å². The highest BCUT2D eigenvalue weighted by Gasteiger charge is 2.27. The van der Waals surface area contributed by atoms with Crippen molar-refractivity contribution in [1.82, 2.24) is 4.90 Å².